The normalized spacial score (nSPS) is 38.3. The minimum atomic E-state index is -5.13. The summed E-state index contributed by atoms with van der Waals surface area (Å²) in [4.78, 5) is 26.3. The van der Waals surface area contributed by atoms with Gasteiger partial charge in [-0.2, -0.15) is 26.3 Å². The number of rotatable bonds is 4. The average Bonchev–Trinajstić information content (AvgIpc) is 3.28. The molecule has 1 aromatic rings. The molecule has 5 rings (SSSR count). The molecule has 4 N–H and O–H groups in total. The van der Waals surface area contributed by atoms with Gasteiger partial charge >= 0.3 is 18.3 Å². The highest BCUT2D eigenvalue weighted by Crippen LogP contribution is 2.75. The molecule has 1 aromatic carbocycles. The Morgan fingerprint density at radius 3 is 2.07 bits per heavy atom. The Bertz CT molecular complexity index is 1410. The number of Topliss-reactive ketones (excluding diaryl/α,β-unsaturated/α-hetero) is 1. The maximum atomic E-state index is 13.4. The van der Waals surface area contributed by atoms with Crippen molar-refractivity contribution >= 4 is 11.8 Å². The molecule has 236 valence electrons. The van der Waals surface area contributed by atoms with Gasteiger partial charge in [0, 0.05) is 35.5 Å². The van der Waals surface area contributed by atoms with Gasteiger partial charge < -0.3 is 25.2 Å². The lowest BCUT2D eigenvalue weighted by Crippen LogP contribution is -2.65. The summed E-state index contributed by atoms with van der Waals surface area (Å²) in [6.07, 6.45) is -10.1. The molecule has 0 amide bonds. The third-order valence-electron chi connectivity index (χ3n) is 10.3. The minimum absolute atomic E-state index is 0.0620. The van der Waals surface area contributed by atoms with Crippen LogP contribution in [-0.4, -0.2) is 61.7 Å². The van der Waals surface area contributed by atoms with E-state index >= 15 is 0 Å². The molecule has 4 aliphatic carbocycles. The van der Waals surface area contributed by atoms with Crippen molar-refractivity contribution in [2.45, 2.75) is 75.8 Å². The first-order valence-corrected chi connectivity index (χ1v) is 13.7. The van der Waals surface area contributed by atoms with E-state index in [9.17, 15) is 56.4 Å². The number of aliphatic hydroxyl groups is 4. The molecule has 2 saturated carbocycles. The second-order valence-corrected chi connectivity index (χ2v) is 13.0. The molecule has 0 aromatic heterocycles. The minimum Gasteiger partial charge on any atom is -0.459 e. The van der Waals surface area contributed by atoms with E-state index in [0.717, 1.165) is 0 Å². The van der Waals surface area contributed by atoms with Crippen molar-refractivity contribution in [1.29, 1.82) is 0 Å². The Hall–Kier alpha value is -2.74. The average molecular weight is 619 g/mol. The molecule has 0 saturated heterocycles. The molecule has 0 aliphatic heterocycles. The van der Waals surface area contributed by atoms with E-state index in [4.69, 9.17) is 4.74 Å². The van der Waals surface area contributed by atoms with Gasteiger partial charge in [0.05, 0.1) is 29.8 Å². The lowest BCUT2D eigenvalue weighted by atomic mass is 9.59. The van der Waals surface area contributed by atoms with E-state index < -0.39 is 106 Å². The number of carbonyl (C=O) groups excluding carboxylic acids is 2. The number of ether oxygens (including phenoxy) is 1. The Morgan fingerprint density at radius 1 is 1.00 bits per heavy atom. The van der Waals surface area contributed by atoms with Gasteiger partial charge in [0.2, 0.25) is 0 Å². The highest BCUT2D eigenvalue weighted by atomic mass is 19.4. The van der Waals surface area contributed by atoms with Crippen LogP contribution in [0.25, 0.3) is 0 Å². The molecule has 0 heterocycles. The zero-order valence-corrected chi connectivity index (χ0v) is 23.7. The van der Waals surface area contributed by atoms with E-state index in [1.807, 2.05) is 0 Å². The number of benzene rings is 1. The van der Waals surface area contributed by atoms with Crippen molar-refractivity contribution in [1.82, 2.24) is 0 Å². The van der Waals surface area contributed by atoms with Crippen molar-refractivity contribution < 1.29 is 61.1 Å². The summed E-state index contributed by atoms with van der Waals surface area (Å²) in [5.74, 6) is -6.09. The molecular weight excluding hydrogens is 586 g/mol. The molecule has 7 nitrogen and oxygen atoms in total. The molecule has 0 bridgehead atoms. The SMILES string of the molecule is CC1=C[C@H]2[C@@]3(O)[C@H](C)[C@@H](OC(=O)Cc4cc(C(F)(F)F)cc(C(F)(F)F)c4)[C@]4(O)[C@@H]([C@@H]3C=C(CO)C[C@]2(O)C1=O)C4(C)C. The van der Waals surface area contributed by atoms with E-state index in [0.29, 0.717) is 12.1 Å². The van der Waals surface area contributed by atoms with Gasteiger partial charge in [-0.15, -0.1) is 0 Å². The Balaban J connectivity index is 1.54. The zero-order valence-electron chi connectivity index (χ0n) is 23.7. The number of hydrogen-bond acceptors (Lipinski definition) is 7. The summed E-state index contributed by atoms with van der Waals surface area (Å²) >= 11 is 0. The van der Waals surface area contributed by atoms with Gasteiger partial charge in [-0.25, -0.2) is 0 Å². The summed E-state index contributed by atoms with van der Waals surface area (Å²) in [6, 6.07) is 0.758. The fourth-order valence-electron chi connectivity index (χ4n) is 8.08. The number of halogens is 6. The first kappa shape index (κ1) is 31.7. The third-order valence-corrected chi connectivity index (χ3v) is 10.3. The fraction of sp³-hybridized carbons (Fsp3) is 0.600. The van der Waals surface area contributed by atoms with Crippen LogP contribution in [0.5, 0.6) is 0 Å². The van der Waals surface area contributed by atoms with Crippen LogP contribution in [0.4, 0.5) is 26.3 Å². The van der Waals surface area contributed by atoms with Crippen LogP contribution in [0, 0.1) is 29.1 Å². The predicted molar refractivity (Wildman–Crippen MR) is 137 cm³/mol. The molecule has 0 spiro atoms. The van der Waals surface area contributed by atoms with Crippen molar-refractivity contribution in [3.63, 3.8) is 0 Å². The summed E-state index contributed by atoms with van der Waals surface area (Å²) in [6.45, 7) is 5.64. The van der Waals surface area contributed by atoms with E-state index in [1.54, 1.807) is 13.8 Å². The topological polar surface area (TPSA) is 124 Å². The van der Waals surface area contributed by atoms with Crippen LogP contribution in [0.3, 0.4) is 0 Å². The molecule has 8 atom stereocenters. The number of hydrogen-bond donors (Lipinski definition) is 4. The van der Waals surface area contributed by atoms with Crippen molar-refractivity contribution in [3.8, 4) is 0 Å². The quantitative estimate of drug-likeness (QED) is 0.230. The molecular formula is C30H32F6O7. The second kappa shape index (κ2) is 9.38. The molecule has 43 heavy (non-hydrogen) atoms. The molecule has 13 heteroatoms. The molecule has 0 radical (unpaired) electrons. The number of carbonyl (C=O) groups is 2. The summed E-state index contributed by atoms with van der Waals surface area (Å²) in [5.41, 5.74) is -10.4. The molecule has 2 fully saturated rings. The Morgan fingerprint density at radius 2 is 1.56 bits per heavy atom. The van der Waals surface area contributed by atoms with Gasteiger partial charge in [0.1, 0.15) is 17.3 Å². The van der Waals surface area contributed by atoms with Crippen LogP contribution < -0.4 is 0 Å². The third kappa shape index (κ3) is 4.40. The van der Waals surface area contributed by atoms with E-state index in [-0.39, 0.29) is 23.6 Å². The smallest absolute Gasteiger partial charge is 0.416 e. The second-order valence-electron chi connectivity index (χ2n) is 13.0. The van der Waals surface area contributed by atoms with Gasteiger partial charge in [0.15, 0.2) is 5.78 Å². The van der Waals surface area contributed by atoms with Crippen molar-refractivity contribution in [3.05, 3.63) is 58.2 Å². The summed E-state index contributed by atoms with van der Waals surface area (Å²) in [5, 5.41) is 46.0. The van der Waals surface area contributed by atoms with E-state index in [1.165, 1.54) is 26.0 Å². The van der Waals surface area contributed by atoms with Crippen molar-refractivity contribution in [2.24, 2.45) is 29.1 Å². The Kier molecular flexibility index (Phi) is 6.91. The number of alkyl halides is 6. The number of ketones is 1. The maximum absolute atomic E-state index is 13.4. The summed E-state index contributed by atoms with van der Waals surface area (Å²) in [7, 11) is 0. The Labute approximate surface area is 242 Å². The van der Waals surface area contributed by atoms with Gasteiger partial charge in [-0.3, -0.25) is 9.59 Å². The standard InChI is InChI=1S/C30H32F6O7/c1-13-5-20-26(40,23(13)39)11-16(12-37)8-19-22-25(3,4)28(22,42)24(14(2)27(19,20)41)43-21(38)9-15-6-17(29(31,32)33)10-18(7-15)30(34,35)36/h5-8,10,14,19-20,22,24,37,40-42H,9,11-12H2,1-4H3/t14-,19+,20-,22+,24-,26-,27-,28-/m1/s1. The van der Waals surface area contributed by atoms with E-state index in [2.05, 4.69) is 0 Å². The zero-order chi connectivity index (χ0) is 32.3. The highest BCUT2D eigenvalue weighted by Gasteiger charge is 2.85. The number of esters is 1. The van der Waals surface area contributed by atoms with Crippen LogP contribution in [0.1, 0.15) is 50.8 Å². The van der Waals surface area contributed by atoms with Crippen LogP contribution in [0.15, 0.2) is 41.5 Å². The first-order chi connectivity index (χ1) is 19.5. The first-order valence-electron chi connectivity index (χ1n) is 13.7. The lowest BCUT2D eigenvalue weighted by Gasteiger charge is -2.52. The molecule has 0 unspecified atom stereocenters. The van der Waals surface area contributed by atoms with Gasteiger partial charge in [-0.05, 0) is 41.8 Å². The van der Waals surface area contributed by atoms with Crippen LogP contribution >= 0.6 is 0 Å². The largest absolute Gasteiger partial charge is 0.459 e. The monoisotopic (exact) mass is 618 g/mol. The number of fused-ring (bicyclic) bond motifs is 5. The van der Waals surface area contributed by atoms with Gasteiger partial charge in [0.25, 0.3) is 0 Å². The maximum Gasteiger partial charge on any atom is 0.416 e. The van der Waals surface area contributed by atoms with Crippen LogP contribution in [-0.2, 0) is 33.1 Å². The predicted octanol–water partition coefficient (Wildman–Crippen LogP) is 3.76. The fourth-order valence-corrected chi connectivity index (χ4v) is 8.08. The summed E-state index contributed by atoms with van der Waals surface area (Å²) < 4.78 is 85.8. The molecule has 4 aliphatic rings. The van der Waals surface area contributed by atoms with Gasteiger partial charge in [-0.1, -0.05) is 32.9 Å². The lowest BCUT2D eigenvalue weighted by molar-refractivity contribution is -0.220. The highest BCUT2D eigenvalue weighted by molar-refractivity contribution is 6.04. The van der Waals surface area contributed by atoms with Crippen LogP contribution in [0.2, 0.25) is 0 Å². The van der Waals surface area contributed by atoms with Crippen molar-refractivity contribution in [2.75, 3.05) is 6.61 Å². The number of aliphatic hydroxyl groups excluding tert-OH is 1.